The maximum atomic E-state index is 12.7. The van der Waals surface area contributed by atoms with Crippen molar-refractivity contribution in [1.29, 1.82) is 0 Å². The summed E-state index contributed by atoms with van der Waals surface area (Å²) in [7, 11) is 1.62. The summed E-state index contributed by atoms with van der Waals surface area (Å²) >= 11 is 1.62. The number of methoxy groups -OCH3 is 1. The highest BCUT2D eigenvalue weighted by Crippen LogP contribution is 2.34. The Morgan fingerprint density at radius 2 is 1.93 bits per heavy atom. The van der Waals surface area contributed by atoms with E-state index in [-0.39, 0.29) is 17.7 Å². The third kappa shape index (κ3) is 3.86. The number of ether oxygens (including phenoxy) is 1. The van der Waals surface area contributed by atoms with E-state index < -0.39 is 0 Å². The lowest BCUT2D eigenvalue weighted by Gasteiger charge is -2.21. The Morgan fingerprint density at radius 3 is 2.63 bits per heavy atom. The highest BCUT2D eigenvalue weighted by atomic mass is 32.1. The van der Waals surface area contributed by atoms with E-state index in [0.29, 0.717) is 6.42 Å². The number of nitrogens with zero attached hydrogens (tertiary/aromatic N) is 1. The van der Waals surface area contributed by atoms with Crippen LogP contribution in [-0.2, 0) is 17.6 Å². The molecule has 1 fully saturated rings. The molecule has 5 nitrogen and oxygen atoms in total. The van der Waals surface area contributed by atoms with Crippen LogP contribution >= 0.6 is 11.3 Å². The largest absolute Gasteiger partial charge is 0.497 e. The fourth-order valence-electron chi connectivity index (χ4n) is 3.85. The van der Waals surface area contributed by atoms with Gasteiger partial charge in [-0.15, -0.1) is 11.3 Å². The SMILES string of the molecule is COc1ccc(NC(=O)[C@H]2CCc3sc(C(=O)N4CCCC4)cc3C2)cc1. The number of amides is 2. The second-order valence-electron chi connectivity index (χ2n) is 7.22. The standard InChI is InChI=1S/C21H24N2O3S/c1-26-17-7-5-16(6-8-17)22-20(24)14-4-9-18-15(12-14)13-19(27-18)21(25)23-10-2-3-11-23/h5-8,13-14H,2-4,9-12H2,1H3,(H,22,24)/t14-/m0/s1. The summed E-state index contributed by atoms with van der Waals surface area (Å²) in [6, 6.07) is 9.39. The van der Waals surface area contributed by atoms with E-state index in [1.807, 2.05) is 35.2 Å². The Bertz CT molecular complexity index is 838. The molecule has 27 heavy (non-hydrogen) atoms. The normalized spacial score (nSPS) is 18.9. The third-order valence-electron chi connectivity index (χ3n) is 5.42. The van der Waals surface area contributed by atoms with Gasteiger partial charge in [0, 0.05) is 29.6 Å². The molecule has 0 bridgehead atoms. The summed E-state index contributed by atoms with van der Waals surface area (Å²) in [6.45, 7) is 1.74. The van der Waals surface area contributed by atoms with Crippen molar-refractivity contribution in [1.82, 2.24) is 4.90 Å². The fraction of sp³-hybridized carbons (Fsp3) is 0.429. The Labute approximate surface area is 163 Å². The van der Waals surface area contributed by atoms with Crippen LogP contribution < -0.4 is 10.1 Å². The van der Waals surface area contributed by atoms with Crippen LogP contribution in [-0.4, -0.2) is 36.9 Å². The maximum absolute atomic E-state index is 12.7. The molecular formula is C21H24N2O3S. The summed E-state index contributed by atoms with van der Waals surface area (Å²) in [4.78, 5) is 29.3. The molecule has 142 valence electrons. The Balaban J connectivity index is 1.41. The van der Waals surface area contributed by atoms with Gasteiger partial charge in [-0.1, -0.05) is 0 Å². The summed E-state index contributed by atoms with van der Waals surface area (Å²) in [5, 5.41) is 3.00. The average molecular weight is 385 g/mol. The summed E-state index contributed by atoms with van der Waals surface area (Å²) in [5.74, 6) is 0.920. The van der Waals surface area contributed by atoms with E-state index in [1.165, 1.54) is 10.4 Å². The number of anilines is 1. The van der Waals surface area contributed by atoms with Crippen LogP contribution in [0.4, 0.5) is 5.69 Å². The molecule has 1 N–H and O–H groups in total. The molecule has 1 saturated heterocycles. The molecule has 4 rings (SSSR count). The van der Waals surface area contributed by atoms with Crippen LogP contribution in [0.2, 0.25) is 0 Å². The highest BCUT2D eigenvalue weighted by Gasteiger charge is 2.29. The van der Waals surface area contributed by atoms with Crippen molar-refractivity contribution in [2.75, 3.05) is 25.5 Å². The quantitative estimate of drug-likeness (QED) is 0.874. The number of benzene rings is 1. The number of hydrogen-bond donors (Lipinski definition) is 1. The minimum absolute atomic E-state index is 0.0458. The lowest BCUT2D eigenvalue weighted by molar-refractivity contribution is -0.120. The van der Waals surface area contributed by atoms with Crippen molar-refractivity contribution in [2.24, 2.45) is 5.92 Å². The second kappa shape index (κ2) is 7.72. The van der Waals surface area contributed by atoms with Gasteiger partial charge in [0.1, 0.15) is 5.75 Å². The summed E-state index contributed by atoms with van der Waals surface area (Å²) in [6.07, 6.45) is 4.61. The molecule has 2 aromatic rings. The first-order valence-corrected chi connectivity index (χ1v) is 10.3. The van der Waals surface area contributed by atoms with Gasteiger partial charge in [-0.2, -0.15) is 0 Å². The van der Waals surface area contributed by atoms with E-state index in [4.69, 9.17) is 4.74 Å². The predicted octanol–water partition coefficient (Wildman–Crippen LogP) is 3.74. The smallest absolute Gasteiger partial charge is 0.263 e. The molecule has 1 atom stereocenters. The van der Waals surface area contributed by atoms with Crippen LogP contribution in [0.1, 0.15) is 39.4 Å². The third-order valence-corrected chi connectivity index (χ3v) is 6.64. The molecule has 2 heterocycles. The van der Waals surface area contributed by atoms with Crippen molar-refractivity contribution in [3.05, 3.63) is 45.6 Å². The molecule has 0 unspecified atom stereocenters. The number of nitrogens with one attached hydrogen (secondary N) is 1. The highest BCUT2D eigenvalue weighted by molar-refractivity contribution is 7.14. The average Bonchev–Trinajstić information content (AvgIpc) is 3.37. The van der Waals surface area contributed by atoms with Crippen LogP contribution in [0.3, 0.4) is 0 Å². The predicted molar refractivity (Wildman–Crippen MR) is 107 cm³/mol. The fourth-order valence-corrected chi connectivity index (χ4v) is 5.02. The van der Waals surface area contributed by atoms with Gasteiger partial charge in [-0.3, -0.25) is 9.59 Å². The molecule has 0 saturated carbocycles. The first kappa shape index (κ1) is 18.0. The molecule has 2 amide bonds. The summed E-state index contributed by atoms with van der Waals surface area (Å²) < 4.78 is 5.15. The topological polar surface area (TPSA) is 58.6 Å². The minimum atomic E-state index is -0.0519. The van der Waals surface area contributed by atoms with Crippen molar-refractivity contribution in [3.63, 3.8) is 0 Å². The van der Waals surface area contributed by atoms with Crippen molar-refractivity contribution in [2.45, 2.75) is 32.1 Å². The number of likely N-dealkylation sites (tertiary alicyclic amines) is 1. The van der Waals surface area contributed by atoms with Gasteiger partial charge in [-0.25, -0.2) is 0 Å². The van der Waals surface area contributed by atoms with Gasteiger partial charge in [0.2, 0.25) is 5.91 Å². The minimum Gasteiger partial charge on any atom is -0.497 e. The molecule has 2 aliphatic rings. The Hall–Kier alpha value is -2.34. The van der Waals surface area contributed by atoms with Crippen molar-refractivity contribution >= 4 is 28.8 Å². The van der Waals surface area contributed by atoms with E-state index in [2.05, 4.69) is 5.32 Å². The number of fused-ring (bicyclic) bond motifs is 1. The van der Waals surface area contributed by atoms with Crippen LogP contribution in [0, 0.1) is 5.92 Å². The number of aryl methyl sites for hydroxylation is 1. The number of rotatable bonds is 4. The zero-order valence-corrected chi connectivity index (χ0v) is 16.3. The number of hydrogen-bond acceptors (Lipinski definition) is 4. The zero-order valence-electron chi connectivity index (χ0n) is 15.5. The van der Waals surface area contributed by atoms with E-state index in [0.717, 1.165) is 55.1 Å². The zero-order chi connectivity index (χ0) is 18.8. The van der Waals surface area contributed by atoms with Gasteiger partial charge in [-0.05, 0) is 68.0 Å². The monoisotopic (exact) mass is 384 g/mol. The van der Waals surface area contributed by atoms with E-state index in [9.17, 15) is 9.59 Å². The number of carbonyl (C=O) groups is 2. The molecular weight excluding hydrogens is 360 g/mol. The van der Waals surface area contributed by atoms with Crippen molar-refractivity contribution in [3.8, 4) is 5.75 Å². The molecule has 1 aromatic carbocycles. The van der Waals surface area contributed by atoms with Gasteiger partial charge < -0.3 is 15.0 Å². The van der Waals surface area contributed by atoms with Crippen LogP contribution in [0.5, 0.6) is 5.75 Å². The number of carbonyl (C=O) groups excluding carboxylic acids is 2. The van der Waals surface area contributed by atoms with Gasteiger partial charge in [0.15, 0.2) is 0 Å². The second-order valence-corrected chi connectivity index (χ2v) is 8.35. The van der Waals surface area contributed by atoms with Crippen LogP contribution in [0.25, 0.3) is 0 Å². The molecule has 0 radical (unpaired) electrons. The lowest BCUT2D eigenvalue weighted by atomic mass is 9.87. The molecule has 6 heteroatoms. The first-order chi connectivity index (χ1) is 13.1. The van der Waals surface area contributed by atoms with Crippen LogP contribution in [0.15, 0.2) is 30.3 Å². The molecule has 1 aliphatic carbocycles. The molecule has 1 aromatic heterocycles. The van der Waals surface area contributed by atoms with E-state index >= 15 is 0 Å². The maximum Gasteiger partial charge on any atom is 0.263 e. The first-order valence-electron chi connectivity index (χ1n) is 9.50. The van der Waals surface area contributed by atoms with E-state index in [1.54, 1.807) is 18.4 Å². The van der Waals surface area contributed by atoms with Gasteiger partial charge in [0.05, 0.1) is 12.0 Å². The van der Waals surface area contributed by atoms with Crippen molar-refractivity contribution < 1.29 is 14.3 Å². The van der Waals surface area contributed by atoms with Gasteiger partial charge >= 0.3 is 0 Å². The molecule has 1 aliphatic heterocycles. The Morgan fingerprint density at radius 1 is 1.19 bits per heavy atom. The number of thiophene rings is 1. The molecule has 0 spiro atoms. The van der Waals surface area contributed by atoms with Gasteiger partial charge in [0.25, 0.3) is 5.91 Å². The summed E-state index contributed by atoms with van der Waals surface area (Å²) in [5.41, 5.74) is 1.95. The lowest BCUT2D eigenvalue weighted by Crippen LogP contribution is -2.27. The Kier molecular flexibility index (Phi) is 5.16.